The minimum atomic E-state index is -0.329. The highest BCUT2D eigenvalue weighted by atomic mass is 32.1. The molecule has 4 rings (SSSR count). The number of hydrogen-bond donors (Lipinski definition) is 0. The van der Waals surface area contributed by atoms with Crippen LogP contribution in [0.5, 0.6) is 5.75 Å². The van der Waals surface area contributed by atoms with E-state index < -0.39 is 0 Å². The lowest BCUT2D eigenvalue weighted by atomic mass is 10.1. The van der Waals surface area contributed by atoms with Gasteiger partial charge < -0.3 is 14.5 Å². The number of hydrogen-bond acceptors (Lipinski definition) is 5. The summed E-state index contributed by atoms with van der Waals surface area (Å²) in [5.41, 5.74) is 0.800. The predicted molar refractivity (Wildman–Crippen MR) is 116 cm³/mol. The van der Waals surface area contributed by atoms with Crippen LogP contribution in [0.15, 0.2) is 59.3 Å². The van der Waals surface area contributed by atoms with Crippen LogP contribution in [-0.4, -0.2) is 30.4 Å². The van der Waals surface area contributed by atoms with Gasteiger partial charge in [-0.2, -0.15) is 0 Å². The van der Waals surface area contributed by atoms with Gasteiger partial charge in [0.25, 0.3) is 0 Å². The Labute approximate surface area is 178 Å². The van der Waals surface area contributed by atoms with Crippen molar-refractivity contribution in [1.82, 2.24) is 4.90 Å². The molecule has 7 heteroatoms. The molecule has 0 N–H and O–H groups in total. The van der Waals surface area contributed by atoms with Crippen molar-refractivity contribution in [3.63, 3.8) is 0 Å². The van der Waals surface area contributed by atoms with E-state index in [-0.39, 0.29) is 24.2 Å². The zero-order chi connectivity index (χ0) is 20.2. The first-order chi connectivity index (χ1) is 14.1. The third kappa shape index (κ3) is 4.52. The van der Waals surface area contributed by atoms with Crippen molar-refractivity contribution in [3.8, 4) is 5.75 Å². The molecule has 150 valence electrons. The van der Waals surface area contributed by atoms with Gasteiger partial charge >= 0.3 is 0 Å². The van der Waals surface area contributed by atoms with Crippen LogP contribution in [-0.2, 0) is 22.7 Å². The monoisotopic (exact) mass is 426 g/mol. The lowest BCUT2D eigenvalue weighted by molar-refractivity contribution is -0.137. The molecule has 1 aliphatic rings. The Morgan fingerprint density at radius 1 is 1.07 bits per heavy atom. The van der Waals surface area contributed by atoms with E-state index in [0.29, 0.717) is 19.6 Å². The van der Waals surface area contributed by atoms with E-state index in [1.54, 1.807) is 34.7 Å². The summed E-state index contributed by atoms with van der Waals surface area (Å²) >= 11 is 3.29. The summed E-state index contributed by atoms with van der Waals surface area (Å²) in [4.78, 5) is 31.9. The van der Waals surface area contributed by atoms with Gasteiger partial charge in [0.2, 0.25) is 11.8 Å². The van der Waals surface area contributed by atoms with Crippen molar-refractivity contribution in [2.45, 2.75) is 19.5 Å². The zero-order valence-electron chi connectivity index (χ0n) is 16.1. The average molecular weight is 427 g/mol. The Hall–Kier alpha value is -2.64. The minimum absolute atomic E-state index is 0.0132. The molecule has 1 atom stereocenters. The number of benzene rings is 1. The van der Waals surface area contributed by atoms with Gasteiger partial charge in [0, 0.05) is 28.4 Å². The molecule has 2 aromatic heterocycles. The lowest BCUT2D eigenvalue weighted by Crippen LogP contribution is -2.36. The van der Waals surface area contributed by atoms with Crippen LogP contribution in [0, 0.1) is 5.92 Å². The standard InChI is InChI=1S/C22H22N2O3S2/c1-27-18-8-6-17(7-9-18)24-13-16(12-21(24)25)22(26)23(14-19-4-2-10-28-19)15-20-5-3-11-29-20/h2-11,16H,12-15H2,1H3. The maximum absolute atomic E-state index is 13.4. The van der Waals surface area contributed by atoms with Crippen LogP contribution in [0.3, 0.4) is 0 Å². The molecule has 0 aliphatic carbocycles. The van der Waals surface area contributed by atoms with Crippen LogP contribution in [0.2, 0.25) is 0 Å². The Bertz CT molecular complexity index is 916. The molecule has 0 radical (unpaired) electrons. The molecule has 1 unspecified atom stereocenters. The van der Waals surface area contributed by atoms with Gasteiger partial charge in [-0.15, -0.1) is 22.7 Å². The fourth-order valence-electron chi connectivity index (χ4n) is 3.54. The van der Waals surface area contributed by atoms with E-state index in [4.69, 9.17) is 4.74 Å². The summed E-state index contributed by atoms with van der Waals surface area (Å²) in [5, 5.41) is 4.04. The molecule has 5 nitrogen and oxygen atoms in total. The number of amides is 2. The van der Waals surface area contributed by atoms with Crippen LogP contribution in [0.25, 0.3) is 0 Å². The van der Waals surface area contributed by atoms with Crippen LogP contribution >= 0.6 is 22.7 Å². The summed E-state index contributed by atoms with van der Waals surface area (Å²) in [5.74, 6) is 0.437. The fourth-order valence-corrected chi connectivity index (χ4v) is 4.97. The third-order valence-electron chi connectivity index (χ3n) is 5.02. The second-order valence-electron chi connectivity index (χ2n) is 6.96. The molecular weight excluding hydrogens is 404 g/mol. The lowest BCUT2D eigenvalue weighted by Gasteiger charge is -2.25. The Balaban J connectivity index is 1.50. The summed E-state index contributed by atoms with van der Waals surface area (Å²) in [6.45, 7) is 1.55. The topological polar surface area (TPSA) is 49.9 Å². The first kappa shape index (κ1) is 19.7. The summed E-state index contributed by atoms with van der Waals surface area (Å²) in [7, 11) is 1.61. The maximum atomic E-state index is 13.4. The smallest absolute Gasteiger partial charge is 0.228 e. The molecule has 0 bridgehead atoms. The van der Waals surface area contributed by atoms with Crippen LogP contribution in [0.1, 0.15) is 16.2 Å². The number of nitrogens with zero attached hydrogens (tertiary/aromatic N) is 2. The summed E-state index contributed by atoms with van der Waals surface area (Å²) in [6.07, 6.45) is 0.246. The fraction of sp³-hybridized carbons (Fsp3) is 0.273. The zero-order valence-corrected chi connectivity index (χ0v) is 17.7. The molecule has 3 heterocycles. The first-order valence-electron chi connectivity index (χ1n) is 9.42. The van der Waals surface area contributed by atoms with Gasteiger partial charge in [-0.3, -0.25) is 9.59 Å². The Kier molecular flexibility index (Phi) is 5.97. The molecular formula is C22H22N2O3S2. The van der Waals surface area contributed by atoms with Gasteiger partial charge in [0.1, 0.15) is 5.75 Å². The molecule has 3 aromatic rings. The summed E-state index contributed by atoms with van der Waals surface area (Å²) < 4.78 is 5.19. The van der Waals surface area contributed by atoms with E-state index in [9.17, 15) is 9.59 Å². The number of carbonyl (C=O) groups is 2. The van der Waals surface area contributed by atoms with Crippen molar-refractivity contribution in [2.24, 2.45) is 5.92 Å². The van der Waals surface area contributed by atoms with Crippen LogP contribution < -0.4 is 9.64 Å². The number of anilines is 1. The molecule has 1 aliphatic heterocycles. The van der Waals surface area contributed by atoms with Gasteiger partial charge in [0.15, 0.2) is 0 Å². The Morgan fingerprint density at radius 3 is 2.21 bits per heavy atom. The van der Waals surface area contributed by atoms with E-state index in [1.165, 1.54) is 0 Å². The quantitative estimate of drug-likeness (QED) is 0.563. The van der Waals surface area contributed by atoms with Crippen molar-refractivity contribution < 1.29 is 14.3 Å². The molecule has 29 heavy (non-hydrogen) atoms. The first-order valence-corrected chi connectivity index (χ1v) is 11.2. The van der Waals surface area contributed by atoms with E-state index in [0.717, 1.165) is 21.2 Å². The number of rotatable bonds is 7. The number of thiophene rings is 2. The maximum Gasteiger partial charge on any atom is 0.228 e. The third-order valence-corrected chi connectivity index (χ3v) is 6.75. The molecule has 2 amide bonds. The van der Waals surface area contributed by atoms with E-state index in [1.807, 2.05) is 64.2 Å². The largest absolute Gasteiger partial charge is 0.497 e. The number of ether oxygens (including phenoxy) is 1. The highest BCUT2D eigenvalue weighted by molar-refractivity contribution is 7.10. The highest BCUT2D eigenvalue weighted by Gasteiger charge is 2.37. The molecule has 1 aromatic carbocycles. The van der Waals surface area contributed by atoms with Crippen molar-refractivity contribution in [1.29, 1.82) is 0 Å². The van der Waals surface area contributed by atoms with Crippen LogP contribution in [0.4, 0.5) is 5.69 Å². The summed E-state index contributed by atoms with van der Waals surface area (Å²) in [6, 6.07) is 15.5. The molecule has 1 fully saturated rings. The molecule has 0 saturated carbocycles. The van der Waals surface area contributed by atoms with Gasteiger partial charge in [-0.25, -0.2) is 0 Å². The number of methoxy groups -OCH3 is 1. The average Bonchev–Trinajstić information content (AvgIpc) is 3.50. The van der Waals surface area contributed by atoms with Crippen molar-refractivity contribution in [2.75, 3.05) is 18.6 Å². The SMILES string of the molecule is COc1ccc(N2CC(C(=O)N(Cc3cccs3)Cc3cccs3)CC2=O)cc1. The van der Waals surface area contributed by atoms with Crippen molar-refractivity contribution >= 4 is 40.2 Å². The molecule has 0 spiro atoms. The molecule has 1 saturated heterocycles. The van der Waals surface area contributed by atoms with E-state index in [2.05, 4.69) is 0 Å². The second kappa shape index (κ2) is 8.80. The van der Waals surface area contributed by atoms with Crippen molar-refractivity contribution in [3.05, 3.63) is 69.0 Å². The second-order valence-corrected chi connectivity index (χ2v) is 9.02. The highest BCUT2D eigenvalue weighted by Crippen LogP contribution is 2.29. The predicted octanol–water partition coefficient (Wildman–Crippen LogP) is 4.40. The van der Waals surface area contributed by atoms with Gasteiger partial charge in [0.05, 0.1) is 26.1 Å². The Morgan fingerprint density at radius 2 is 1.69 bits per heavy atom. The van der Waals surface area contributed by atoms with E-state index >= 15 is 0 Å². The normalized spacial score (nSPS) is 16.2. The minimum Gasteiger partial charge on any atom is -0.497 e. The van der Waals surface area contributed by atoms with Gasteiger partial charge in [-0.1, -0.05) is 12.1 Å². The number of carbonyl (C=O) groups excluding carboxylic acids is 2. The van der Waals surface area contributed by atoms with Gasteiger partial charge in [-0.05, 0) is 47.2 Å².